The zero-order valence-electron chi connectivity index (χ0n) is 6.81. The summed E-state index contributed by atoms with van der Waals surface area (Å²) in [5.41, 5.74) is -0.361. The van der Waals surface area contributed by atoms with E-state index in [9.17, 15) is 4.79 Å². The van der Waals surface area contributed by atoms with Gasteiger partial charge in [-0.2, -0.15) is 0 Å². The molecule has 1 aromatic rings. The van der Waals surface area contributed by atoms with Crippen LogP contribution in [-0.4, -0.2) is 28.4 Å². The fraction of sp³-hybridized carbons (Fsp3) is 0.125. The number of carboxylic acid groups (broad SMARTS) is 1. The van der Waals surface area contributed by atoms with Gasteiger partial charge in [-0.3, -0.25) is 0 Å². The highest BCUT2D eigenvalue weighted by molar-refractivity contribution is 5.94. The van der Waals surface area contributed by atoms with Gasteiger partial charge in [0, 0.05) is 12.1 Å². The molecule has 0 heterocycles. The molecule has 0 aliphatic rings. The molecule has 0 aliphatic heterocycles. The van der Waals surface area contributed by atoms with Gasteiger partial charge in [-0.15, -0.1) is 0 Å². The average molecular weight is 184 g/mol. The molecule has 13 heavy (non-hydrogen) atoms. The second-order valence-corrected chi connectivity index (χ2v) is 2.35. The Balaban J connectivity index is 3.38. The zero-order chi connectivity index (χ0) is 10.0. The number of benzene rings is 1. The number of phenolic OH excluding ortho intramolecular Hbond substituents is 1. The van der Waals surface area contributed by atoms with Gasteiger partial charge in [0.15, 0.2) is 0 Å². The number of ether oxygens (including phenoxy) is 1. The molecule has 0 saturated heterocycles. The van der Waals surface area contributed by atoms with Gasteiger partial charge in [0.25, 0.3) is 0 Å². The van der Waals surface area contributed by atoms with E-state index in [1.54, 1.807) is 0 Å². The van der Waals surface area contributed by atoms with Crippen LogP contribution in [0.5, 0.6) is 17.2 Å². The van der Waals surface area contributed by atoms with Gasteiger partial charge >= 0.3 is 5.97 Å². The molecule has 0 bridgehead atoms. The number of carboxylic acids is 1. The van der Waals surface area contributed by atoms with Crippen molar-refractivity contribution in [3.63, 3.8) is 0 Å². The molecule has 1 rings (SSSR count). The Bertz CT molecular complexity index is 345. The molecule has 0 spiro atoms. The highest BCUT2D eigenvalue weighted by Gasteiger charge is 2.17. The lowest BCUT2D eigenvalue weighted by molar-refractivity contribution is 0.0690. The molecule has 0 atom stereocenters. The third-order valence-corrected chi connectivity index (χ3v) is 1.50. The smallest absolute Gasteiger partial charge is 0.343 e. The highest BCUT2D eigenvalue weighted by Crippen LogP contribution is 2.32. The van der Waals surface area contributed by atoms with Crippen LogP contribution in [0.4, 0.5) is 0 Å². The molecule has 0 aliphatic carbocycles. The molecule has 0 fully saturated rings. The summed E-state index contributed by atoms with van der Waals surface area (Å²) in [5.74, 6) is -2.16. The lowest BCUT2D eigenvalue weighted by atomic mass is 10.1. The number of rotatable bonds is 2. The number of phenols is 2. The van der Waals surface area contributed by atoms with E-state index in [0.29, 0.717) is 0 Å². The number of methoxy groups -OCH3 is 1. The predicted molar refractivity (Wildman–Crippen MR) is 43.3 cm³/mol. The first kappa shape index (κ1) is 9.18. The normalized spacial score (nSPS) is 9.62. The molecule has 5 nitrogen and oxygen atoms in total. The lowest BCUT2D eigenvalue weighted by Gasteiger charge is -2.06. The highest BCUT2D eigenvalue weighted by atomic mass is 16.5. The summed E-state index contributed by atoms with van der Waals surface area (Å²) in [6.45, 7) is 0. The summed E-state index contributed by atoms with van der Waals surface area (Å²) in [5, 5.41) is 26.8. The first-order valence-electron chi connectivity index (χ1n) is 3.39. The van der Waals surface area contributed by atoms with Crippen LogP contribution in [-0.2, 0) is 0 Å². The Morgan fingerprint density at radius 2 is 2.00 bits per heavy atom. The summed E-state index contributed by atoms with van der Waals surface area (Å²) in [7, 11) is 1.25. The van der Waals surface area contributed by atoms with Crippen LogP contribution in [0.15, 0.2) is 12.1 Å². The maximum Gasteiger partial charge on any atom is 0.343 e. The molecule has 0 radical (unpaired) electrons. The minimum absolute atomic E-state index is 0.0787. The summed E-state index contributed by atoms with van der Waals surface area (Å²) in [6.07, 6.45) is 0. The van der Waals surface area contributed by atoms with Gasteiger partial charge in [-0.05, 0) is 0 Å². The topological polar surface area (TPSA) is 87.0 Å². The summed E-state index contributed by atoms with van der Waals surface area (Å²) in [6, 6.07) is 2.05. The van der Waals surface area contributed by atoms with E-state index in [4.69, 9.17) is 15.3 Å². The maximum atomic E-state index is 10.6. The van der Waals surface area contributed by atoms with Crippen LogP contribution >= 0.6 is 0 Å². The monoisotopic (exact) mass is 184 g/mol. The molecule has 3 N–H and O–H groups in total. The molecule has 0 amide bonds. The number of aromatic carboxylic acids is 1. The van der Waals surface area contributed by atoms with E-state index in [-0.39, 0.29) is 17.1 Å². The van der Waals surface area contributed by atoms with Crippen molar-refractivity contribution in [2.45, 2.75) is 0 Å². The minimum atomic E-state index is -1.31. The van der Waals surface area contributed by atoms with Crippen LogP contribution in [0.3, 0.4) is 0 Å². The molecular formula is C8H8O5. The molecule has 0 unspecified atom stereocenters. The van der Waals surface area contributed by atoms with Crippen LogP contribution in [0.25, 0.3) is 0 Å². The van der Waals surface area contributed by atoms with E-state index in [1.807, 2.05) is 0 Å². The number of hydrogen-bond donors (Lipinski definition) is 3. The predicted octanol–water partition coefficient (Wildman–Crippen LogP) is 0.805. The Morgan fingerprint density at radius 1 is 1.38 bits per heavy atom. The van der Waals surface area contributed by atoms with Crippen molar-refractivity contribution in [1.29, 1.82) is 0 Å². The first-order valence-corrected chi connectivity index (χ1v) is 3.39. The zero-order valence-corrected chi connectivity index (χ0v) is 6.81. The standard InChI is InChI=1S/C8H8O5/c1-13-6-3-4(9)2-5(10)7(6)8(11)12/h2-3,9-10H,1H3,(H,11,12). The van der Waals surface area contributed by atoms with Crippen molar-refractivity contribution in [1.82, 2.24) is 0 Å². The van der Waals surface area contributed by atoms with Crippen LogP contribution in [0.2, 0.25) is 0 Å². The Labute approximate surface area is 73.8 Å². The number of aromatic hydroxyl groups is 2. The van der Waals surface area contributed by atoms with Crippen LogP contribution in [0, 0.1) is 0 Å². The van der Waals surface area contributed by atoms with E-state index in [1.165, 1.54) is 7.11 Å². The molecule has 70 valence electrons. The van der Waals surface area contributed by atoms with Gasteiger partial charge < -0.3 is 20.1 Å². The Hall–Kier alpha value is -1.91. The van der Waals surface area contributed by atoms with Gasteiger partial charge in [0.1, 0.15) is 22.8 Å². The third-order valence-electron chi connectivity index (χ3n) is 1.50. The van der Waals surface area contributed by atoms with Crippen molar-refractivity contribution in [2.75, 3.05) is 7.11 Å². The summed E-state index contributed by atoms with van der Waals surface area (Å²) in [4.78, 5) is 10.6. The summed E-state index contributed by atoms with van der Waals surface area (Å²) < 4.78 is 4.67. The van der Waals surface area contributed by atoms with Gasteiger partial charge in [0.2, 0.25) is 0 Å². The fourth-order valence-electron chi connectivity index (χ4n) is 0.963. The van der Waals surface area contributed by atoms with E-state index >= 15 is 0 Å². The van der Waals surface area contributed by atoms with E-state index in [0.717, 1.165) is 12.1 Å². The van der Waals surface area contributed by atoms with E-state index in [2.05, 4.69) is 4.74 Å². The molecule has 0 saturated carbocycles. The van der Waals surface area contributed by atoms with Gasteiger partial charge in [-0.1, -0.05) is 0 Å². The Kier molecular flexibility index (Phi) is 2.27. The molecule has 0 aromatic heterocycles. The molecule has 5 heteroatoms. The Morgan fingerprint density at radius 3 is 2.46 bits per heavy atom. The maximum absolute atomic E-state index is 10.6. The van der Waals surface area contributed by atoms with E-state index < -0.39 is 11.7 Å². The number of carbonyl (C=O) groups is 1. The first-order chi connectivity index (χ1) is 6.06. The van der Waals surface area contributed by atoms with Gasteiger partial charge in [-0.25, -0.2) is 4.79 Å². The molecular weight excluding hydrogens is 176 g/mol. The van der Waals surface area contributed by atoms with Crippen molar-refractivity contribution in [3.05, 3.63) is 17.7 Å². The van der Waals surface area contributed by atoms with Crippen molar-refractivity contribution in [2.24, 2.45) is 0 Å². The lowest BCUT2D eigenvalue weighted by Crippen LogP contribution is -2.00. The van der Waals surface area contributed by atoms with Crippen molar-refractivity contribution >= 4 is 5.97 Å². The fourth-order valence-corrected chi connectivity index (χ4v) is 0.963. The average Bonchev–Trinajstić information content (AvgIpc) is 2.01. The number of hydrogen-bond acceptors (Lipinski definition) is 4. The van der Waals surface area contributed by atoms with Crippen molar-refractivity contribution < 1.29 is 24.9 Å². The third kappa shape index (κ3) is 1.64. The second-order valence-electron chi connectivity index (χ2n) is 2.35. The van der Waals surface area contributed by atoms with Crippen LogP contribution < -0.4 is 4.74 Å². The quantitative estimate of drug-likeness (QED) is 0.632. The minimum Gasteiger partial charge on any atom is -0.508 e. The largest absolute Gasteiger partial charge is 0.508 e. The van der Waals surface area contributed by atoms with Gasteiger partial charge in [0.05, 0.1) is 7.11 Å². The SMILES string of the molecule is COc1cc(O)cc(O)c1C(=O)O. The van der Waals surface area contributed by atoms with Crippen molar-refractivity contribution in [3.8, 4) is 17.2 Å². The molecule has 1 aromatic carbocycles. The van der Waals surface area contributed by atoms with Crippen LogP contribution in [0.1, 0.15) is 10.4 Å². The second kappa shape index (κ2) is 3.22. The summed E-state index contributed by atoms with van der Waals surface area (Å²) >= 11 is 0.